The Hall–Kier alpha value is -2.67. The molecule has 110 valence electrons. The SMILES string of the molecule is COc1ccc(Oc2ncccc2C(C)N)cc1[N+](=O)[O-]. The van der Waals surface area contributed by atoms with Crippen molar-refractivity contribution in [3.63, 3.8) is 0 Å². The number of hydrogen-bond donors (Lipinski definition) is 1. The zero-order valence-electron chi connectivity index (χ0n) is 11.6. The summed E-state index contributed by atoms with van der Waals surface area (Å²) >= 11 is 0. The fraction of sp³-hybridized carbons (Fsp3) is 0.214. The van der Waals surface area contributed by atoms with Gasteiger partial charge in [-0.25, -0.2) is 4.98 Å². The minimum absolute atomic E-state index is 0.167. The number of nitrogens with zero attached hydrogens (tertiary/aromatic N) is 2. The molecular formula is C14H15N3O4. The lowest BCUT2D eigenvalue weighted by Gasteiger charge is -2.12. The van der Waals surface area contributed by atoms with E-state index < -0.39 is 4.92 Å². The van der Waals surface area contributed by atoms with Crippen LogP contribution in [0.5, 0.6) is 17.4 Å². The lowest BCUT2D eigenvalue weighted by molar-refractivity contribution is -0.385. The van der Waals surface area contributed by atoms with E-state index in [-0.39, 0.29) is 17.5 Å². The molecule has 0 aliphatic rings. The number of ether oxygens (including phenoxy) is 2. The number of hydrogen-bond acceptors (Lipinski definition) is 6. The van der Waals surface area contributed by atoms with Crippen molar-refractivity contribution in [1.29, 1.82) is 0 Å². The zero-order valence-corrected chi connectivity index (χ0v) is 11.6. The highest BCUT2D eigenvalue weighted by Gasteiger charge is 2.17. The van der Waals surface area contributed by atoms with Crippen molar-refractivity contribution in [2.24, 2.45) is 5.73 Å². The fourth-order valence-electron chi connectivity index (χ4n) is 1.82. The first-order chi connectivity index (χ1) is 10.0. The van der Waals surface area contributed by atoms with Crippen LogP contribution >= 0.6 is 0 Å². The Kier molecular flexibility index (Phi) is 4.34. The summed E-state index contributed by atoms with van der Waals surface area (Å²) in [5.41, 5.74) is 6.39. The molecule has 2 aromatic rings. The summed E-state index contributed by atoms with van der Waals surface area (Å²) < 4.78 is 10.6. The van der Waals surface area contributed by atoms with Crippen molar-refractivity contribution in [3.05, 3.63) is 52.2 Å². The minimum Gasteiger partial charge on any atom is -0.490 e. The summed E-state index contributed by atoms with van der Waals surface area (Å²) in [4.78, 5) is 14.6. The molecule has 2 rings (SSSR count). The topological polar surface area (TPSA) is 101 Å². The van der Waals surface area contributed by atoms with E-state index in [0.717, 1.165) is 5.56 Å². The number of rotatable bonds is 5. The Labute approximate surface area is 121 Å². The lowest BCUT2D eigenvalue weighted by atomic mass is 10.1. The smallest absolute Gasteiger partial charge is 0.314 e. The van der Waals surface area contributed by atoms with Crippen LogP contribution in [0.2, 0.25) is 0 Å². The Morgan fingerprint density at radius 1 is 1.38 bits per heavy atom. The first-order valence-corrected chi connectivity index (χ1v) is 6.23. The molecule has 0 aliphatic carbocycles. The van der Waals surface area contributed by atoms with Crippen LogP contribution in [0.1, 0.15) is 18.5 Å². The quantitative estimate of drug-likeness (QED) is 0.671. The molecule has 7 heteroatoms. The summed E-state index contributed by atoms with van der Waals surface area (Å²) in [6, 6.07) is 7.63. The molecule has 0 amide bonds. The van der Waals surface area contributed by atoms with Gasteiger partial charge in [0, 0.05) is 17.8 Å². The van der Waals surface area contributed by atoms with E-state index in [1.807, 2.05) is 0 Å². The summed E-state index contributed by atoms with van der Waals surface area (Å²) in [6.07, 6.45) is 1.57. The van der Waals surface area contributed by atoms with E-state index in [0.29, 0.717) is 11.6 Å². The van der Waals surface area contributed by atoms with E-state index in [2.05, 4.69) is 4.98 Å². The highest BCUT2D eigenvalue weighted by molar-refractivity contribution is 5.51. The molecule has 1 atom stereocenters. The summed E-state index contributed by atoms with van der Waals surface area (Å²) in [6.45, 7) is 1.81. The number of nitro groups is 1. The molecule has 0 spiro atoms. The molecule has 21 heavy (non-hydrogen) atoms. The number of nitrogens with two attached hydrogens (primary N) is 1. The monoisotopic (exact) mass is 289 g/mol. The summed E-state index contributed by atoms with van der Waals surface area (Å²) in [7, 11) is 1.37. The average molecular weight is 289 g/mol. The van der Waals surface area contributed by atoms with Gasteiger partial charge in [-0.2, -0.15) is 0 Å². The normalized spacial score (nSPS) is 11.8. The van der Waals surface area contributed by atoms with Crippen LogP contribution in [0.25, 0.3) is 0 Å². The number of aromatic nitrogens is 1. The largest absolute Gasteiger partial charge is 0.490 e. The average Bonchev–Trinajstić information content (AvgIpc) is 2.47. The van der Waals surface area contributed by atoms with Gasteiger partial charge in [-0.3, -0.25) is 10.1 Å². The van der Waals surface area contributed by atoms with Gasteiger partial charge in [0.05, 0.1) is 18.1 Å². The predicted molar refractivity (Wildman–Crippen MR) is 76.6 cm³/mol. The van der Waals surface area contributed by atoms with Crippen LogP contribution in [0.15, 0.2) is 36.5 Å². The molecule has 1 aromatic heterocycles. The number of pyridine rings is 1. The fourth-order valence-corrected chi connectivity index (χ4v) is 1.82. The van der Waals surface area contributed by atoms with E-state index in [1.54, 1.807) is 31.3 Å². The Bertz CT molecular complexity index is 658. The highest BCUT2D eigenvalue weighted by atomic mass is 16.6. The van der Waals surface area contributed by atoms with Crippen molar-refractivity contribution in [2.45, 2.75) is 13.0 Å². The van der Waals surface area contributed by atoms with Gasteiger partial charge in [0.2, 0.25) is 5.88 Å². The summed E-state index contributed by atoms with van der Waals surface area (Å²) in [5.74, 6) is 0.788. The molecule has 7 nitrogen and oxygen atoms in total. The van der Waals surface area contributed by atoms with Crippen LogP contribution in [-0.4, -0.2) is 17.0 Å². The first kappa shape index (κ1) is 14.7. The van der Waals surface area contributed by atoms with Crippen LogP contribution in [0.3, 0.4) is 0 Å². The third-order valence-electron chi connectivity index (χ3n) is 2.85. The van der Waals surface area contributed by atoms with Gasteiger partial charge in [0.25, 0.3) is 0 Å². The first-order valence-electron chi connectivity index (χ1n) is 6.23. The number of benzene rings is 1. The van der Waals surface area contributed by atoms with Crippen LogP contribution in [0.4, 0.5) is 5.69 Å². The molecule has 2 N–H and O–H groups in total. The molecule has 1 heterocycles. The summed E-state index contributed by atoms with van der Waals surface area (Å²) in [5, 5.41) is 11.0. The number of methoxy groups -OCH3 is 1. The molecule has 1 aromatic carbocycles. The molecule has 0 aliphatic heterocycles. The maximum absolute atomic E-state index is 11.0. The van der Waals surface area contributed by atoms with Crippen molar-refractivity contribution >= 4 is 5.69 Å². The minimum atomic E-state index is -0.531. The zero-order chi connectivity index (χ0) is 15.4. The van der Waals surface area contributed by atoms with Crippen molar-refractivity contribution in [3.8, 4) is 17.4 Å². The molecular weight excluding hydrogens is 274 g/mol. The van der Waals surface area contributed by atoms with Gasteiger partial charge in [0.15, 0.2) is 5.75 Å². The van der Waals surface area contributed by atoms with E-state index in [9.17, 15) is 10.1 Å². The molecule has 1 unspecified atom stereocenters. The second kappa shape index (κ2) is 6.19. The van der Waals surface area contributed by atoms with Gasteiger partial charge < -0.3 is 15.2 Å². The van der Waals surface area contributed by atoms with E-state index in [4.69, 9.17) is 15.2 Å². The predicted octanol–water partition coefficient (Wildman–Crippen LogP) is 2.81. The van der Waals surface area contributed by atoms with Gasteiger partial charge in [-0.05, 0) is 25.1 Å². The molecule has 0 saturated carbocycles. The maximum atomic E-state index is 11.0. The molecule has 0 saturated heterocycles. The Morgan fingerprint density at radius 3 is 2.76 bits per heavy atom. The second-order valence-corrected chi connectivity index (χ2v) is 4.38. The Balaban J connectivity index is 2.37. The maximum Gasteiger partial charge on any atom is 0.314 e. The highest BCUT2D eigenvalue weighted by Crippen LogP contribution is 2.33. The molecule has 0 fully saturated rings. The van der Waals surface area contributed by atoms with Crippen molar-refractivity contribution in [1.82, 2.24) is 4.98 Å². The second-order valence-electron chi connectivity index (χ2n) is 4.38. The third kappa shape index (κ3) is 3.26. The lowest BCUT2D eigenvalue weighted by Crippen LogP contribution is -2.07. The molecule has 0 bridgehead atoms. The van der Waals surface area contributed by atoms with Crippen molar-refractivity contribution in [2.75, 3.05) is 7.11 Å². The van der Waals surface area contributed by atoms with Crippen LogP contribution in [-0.2, 0) is 0 Å². The van der Waals surface area contributed by atoms with E-state index >= 15 is 0 Å². The van der Waals surface area contributed by atoms with Gasteiger partial charge >= 0.3 is 5.69 Å². The Morgan fingerprint density at radius 2 is 2.14 bits per heavy atom. The van der Waals surface area contributed by atoms with E-state index in [1.165, 1.54) is 19.2 Å². The van der Waals surface area contributed by atoms with Crippen LogP contribution < -0.4 is 15.2 Å². The van der Waals surface area contributed by atoms with Gasteiger partial charge in [0.1, 0.15) is 5.75 Å². The van der Waals surface area contributed by atoms with Gasteiger partial charge in [-0.15, -0.1) is 0 Å². The van der Waals surface area contributed by atoms with Gasteiger partial charge in [-0.1, -0.05) is 6.07 Å². The third-order valence-corrected chi connectivity index (χ3v) is 2.85. The van der Waals surface area contributed by atoms with Crippen LogP contribution in [0, 0.1) is 10.1 Å². The standard InChI is InChI=1S/C14H15N3O4/c1-9(15)11-4-3-7-16-14(11)21-10-5-6-13(20-2)12(8-10)17(18)19/h3-9H,15H2,1-2H3. The van der Waals surface area contributed by atoms with Crippen molar-refractivity contribution < 1.29 is 14.4 Å². The molecule has 0 radical (unpaired) electrons. The number of nitro benzene ring substituents is 1.